The Kier molecular flexibility index (Phi) is 2.67. The van der Waals surface area contributed by atoms with Crippen LogP contribution in [0.5, 0.6) is 11.5 Å². The Bertz CT molecular complexity index is 813. The summed E-state index contributed by atoms with van der Waals surface area (Å²) >= 11 is 0. The van der Waals surface area contributed by atoms with Gasteiger partial charge in [0.2, 0.25) is 6.79 Å². The quantitative estimate of drug-likeness (QED) is 0.772. The fourth-order valence-electron chi connectivity index (χ4n) is 2.45. The van der Waals surface area contributed by atoms with Gasteiger partial charge in [-0.05, 0) is 30.7 Å². The summed E-state index contributed by atoms with van der Waals surface area (Å²) in [4.78, 5) is 11.7. The molecule has 0 amide bonds. The minimum atomic E-state index is 0.293. The van der Waals surface area contributed by atoms with Gasteiger partial charge in [-0.15, -0.1) is 0 Å². The normalized spacial score (nSPS) is 12.8. The molecule has 0 atom stereocenters. The highest BCUT2D eigenvalue weighted by Crippen LogP contribution is 2.32. The Morgan fingerprint density at radius 1 is 1.19 bits per heavy atom. The number of hydrogen-bond acceptors (Lipinski definition) is 5. The van der Waals surface area contributed by atoms with Crippen LogP contribution in [-0.4, -0.2) is 21.7 Å². The van der Waals surface area contributed by atoms with Crippen LogP contribution < -0.4 is 14.8 Å². The zero-order valence-corrected chi connectivity index (χ0v) is 11.5. The largest absolute Gasteiger partial charge is 0.454 e. The van der Waals surface area contributed by atoms with Gasteiger partial charge in [0.1, 0.15) is 17.8 Å². The van der Waals surface area contributed by atoms with Gasteiger partial charge < -0.3 is 19.8 Å². The van der Waals surface area contributed by atoms with Crippen molar-refractivity contribution >= 4 is 16.9 Å². The van der Waals surface area contributed by atoms with Gasteiger partial charge in [-0.2, -0.15) is 0 Å². The third kappa shape index (κ3) is 2.14. The number of aromatic nitrogens is 3. The molecule has 106 valence electrons. The van der Waals surface area contributed by atoms with Crippen LogP contribution in [0.1, 0.15) is 11.3 Å². The molecule has 6 nitrogen and oxygen atoms in total. The molecule has 0 aliphatic carbocycles. The molecule has 0 saturated carbocycles. The molecule has 0 unspecified atom stereocenters. The molecular weight excluding hydrogens is 268 g/mol. The maximum absolute atomic E-state index is 5.38. The minimum Gasteiger partial charge on any atom is -0.454 e. The molecule has 0 spiro atoms. The second-order valence-corrected chi connectivity index (χ2v) is 4.98. The number of rotatable bonds is 3. The predicted molar refractivity (Wildman–Crippen MR) is 78.5 cm³/mol. The molecule has 6 heteroatoms. The summed E-state index contributed by atoms with van der Waals surface area (Å²) < 4.78 is 10.7. The average Bonchev–Trinajstić information content (AvgIpc) is 3.09. The van der Waals surface area contributed by atoms with Crippen molar-refractivity contribution in [3.05, 3.63) is 41.9 Å². The predicted octanol–water partition coefficient (Wildman–Crippen LogP) is 2.61. The van der Waals surface area contributed by atoms with Crippen molar-refractivity contribution in [1.29, 1.82) is 0 Å². The molecule has 3 heterocycles. The van der Waals surface area contributed by atoms with Crippen molar-refractivity contribution in [3.63, 3.8) is 0 Å². The summed E-state index contributed by atoms with van der Waals surface area (Å²) in [7, 11) is 0. The van der Waals surface area contributed by atoms with Gasteiger partial charge in [0, 0.05) is 12.2 Å². The number of aryl methyl sites for hydroxylation is 1. The summed E-state index contributed by atoms with van der Waals surface area (Å²) in [6.45, 7) is 2.96. The number of anilines is 1. The first-order valence-corrected chi connectivity index (χ1v) is 6.72. The minimum absolute atomic E-state index is 0.293. The molecule has 1 aliphatic heterocycles. The molecule has 4 rings (SSSR count). The zero-order valence-electron chi connectivity index (χ0n) is 11.5. The average molecular weight is 282 g/mol. The van der Waals surface area contributed by atoms with Crippen LogP contribution in [0.25, 0.3) is 11.0 Å². The smallest absolute Gasteiger partial charge is 0.231 e. The third-order valence-electron chi connectivity index (χ3n) is 3.46. The van der Waals surface area contributed by atoms with E-state index in [1.54, 1.807) is 6.33 Å². The second-order valence-electron chi connectivity index (χ2n) is 4.98. The number of ether oxygens (including phenoxy) is 2. The first-order valence-electron chi connectivity index (χ1n) is 6.72. The number of nitrogens with zero attached hydrogens (tertiary/aromatic N) is 2. The van der Waals surface area contributed by atoms with Crippen LogP contribution in [0, 0.1) is 6.92 Å². The van der Waals surface area contributed by atoms with Crippen molar-refractivity contribution in [3.8, 4) is 11.5 Å². The summed E-state index contributed by atoms with van der Waals surface area (Å²) in [5.41, 5.74) is 3.02. The van der Waals surface area contributed by atoms with E-state index < -0.39 is 0 Å². The third-order valence-corrected chi connectivity index (χ3v) is 3.46. The highest BCUT2D eigenvalue weighted by atomic mass is 16.7. The number of hydrogen-bond donors (Lipinski definition) is 2. The van der Waals surface area contributed by atoms with Crippen molar-refractivity contribution in [2.24, 2.45) is 0 Å². The van der Waals surface area contributed by atoms with Crippen molar-refractivity contribution in [2.45, 2.75) is 13.5 Å². The molecule has 0 fully saturated rings. The van der Waals surface area contributed by atoms with E-state index in [4.69, 9.17) is 9.47 Å². The summed E-state index contributed by atoms with van der Waals surface area (Å²) in [5.74, 6) is 2.41. The van der Waals surface area contributed by atoms with E-state index in [2.05, 4.69) is 20.3 Å². The Balaban J connectivity index is 1.58. The molecule has 0 saturated heterocycles. The maximum atomic E-state index is 5.38. The lowest BCUT2D eigenvalue weighted by molar-refractivity contribution is 0.174. The van der Waals surface area contributed by atoms with E-state index >= 15 is 0 Å². The van der Waals surface area contributed by atoms with Crippen molar-refractivity contribution in [1.82, 2.24) is 15.0 Å². The first-order chi connectivity index (χ1) is 10.3. The van der Waals surface area contributed by atoms with Crippen molar-refractivity contribution in [2.75, 3.05) is 12.1 Å². The zero-order chi connectivity index (χ0) is 14.2. The molecular formula is C15H14N4O2. The monoisotopic (exact) mass is 282 g/mol. The van der Waals surface area contributed by atoms with E-state index in [0.29, 0.717) is 13.3 Å². The van der Waals surface area contributed by atoms with E-state index in [1.807, 2.05) is 31.2 Å². The number of H-pyrrole nitrogens is 1. The molecule has 1 aliphatic rings. The van der Waals surface area contributed by atoms with E-state index in [9.17, 15) is 0 Å². The molecule has 21 heavy (non-hydrogen) atoms. The molecule has 2 aromatic heterocycles. The molecule has 0 bridgehead atoms. The van der Waals surface area contributed by atoms with Gasteiger partial charge >= 0.3 is 0 Å². The number of fused-ring (bicyclic) bond motifs is 2. The first kappa shape index (κ1) is 12.0. The Labute approximate surface area is 121 Å². The van der Waals surface area contributed by atoms with Gasteiger partial charge in [0.25, 0.3) is 0 Å². The van der Waals surface area contributed by atoms with E-state index in [0.717, 1.165) is 39.6 Å². The standard InChI is InChI=1S/C15H14N4O2/c1-9-4-11-14(17-7-18-15(11)19-9)16-6-10-2-3-12-13(5-10)21-8-20-12/h2-5,7H,6,8H2,1H3,(H2,16,17,18,19). The lowest BCUT2D eigenvalue weighted by Crippen LogP contribution is -2.02. The van der Waals surface area contributed by atoms with Crippen LogP contribution in [0.4, 0.5) is 5.82 Å². The fraction of sp³-hybridized carbons (Fsp3) is 0.200. The SMILES string of the molecule is Cc1cc2c(NCc3ccc4c(c3)OCO4)ncnc2[nH]1. The topological polar surface area (TPSA) is 72.1 Å². The lowest BCUT2D eigenvalue weighted by atomic mass is 10.2. The molecule has 0 radical (unpaired) electrons. The van der Waals surface area contributed by atoms with Gasteiger partial charge in [0.15, 0.2) is 11.5 Å². The highest BCUT2D eigenvalue weighted by molar-refractivity contribution is 5.87. The van der Waals surface area contributed by atoms with Crippen LogP contribution >= 0.6 is 0 Å². The van der Waals surface area contributed by atoms with Gasteiger partial charge in [-0.1, -0.05) is 6.07 Å². The van der Waals surface area contributed by atoms with Crippen LogP contribution in [0.2, 0.25) is 0 Å². The lowest BCUT2D eigenvalue weighted by Gasteiger charge is -2.07. The van der Waals surface area contributed by atoms with Crippen LogP contribution in [0.3, 0.4) is 0 Å². The number of aromatic amines is 1. The molecule has 2 N–H and O–H groups in total. The second kappa shape index (κ2) is 4.66. The fourth-order valence-corrected chi connectivity index (χ4v) is 2.45. The van der Waals surface area contributed by atoms with Gasteiger partial charge in [-0.25, -0.2) is 9.97 Å². The Hall–Kier alpha value is -2.76. The molecule has 1 aromatic carbocycles. The van der Waals surface area contributed by atoms with Crippen LogP contribution in [0.15, 0.2) is 30.6 Å². The van der Waals surface area contributed by atoms with E-state index in [-0.39, 0.29) is 0 Å². The summed E-state index contributed by atoms with van der Waals surface area (Å²) in [6.07, 6.45) is 1.56. The summed E-state index contributed by atoms with van der Waals surface area (Å²) in [5, 5.41) is 4.34. The Morgan fingerprint density at radius 3 is 3.05 bits per heavy atom. The Morgan fingerprint density at radius 2 is 2.10 bits per heavy atom. The molecule has 3 aromatic rings. The van der Waals surface area contributed by atoms with Gasteiger partial charge in [-0.3, -0.25) is 0 Å². The summed E-state index contributed by atoms with van der Waals surface area (Å²) in [6, 6.07) is 7.96. The van der Waals surface area contributed by atoms with Crippen LogP contribution in [-0.2, 0) is 6.54 Å². The van der Waals surface area contributed by atoms with Gasteiger partial charge in [0.05, 0.1) is 5.39 Å². The van der Waals surface area contributed by atoms with E-state index in [1.165, 1.54) is 0 Å². The number of benzene rings is 1. The maximum Gasteiger partial charge on any atom is 0.231 e. The highest BCUT2D eigenvalue weighted by Gasteiger charge is 2.13. The van der Waals surface area contributed by atoms with Crippen molar-refractivity contribution < 1.29 is 9.47 Å². The number of nitrogens with one attached hydrogen (secondary N) is 2.